The first-order valence-electron chi connectivity index (χ1n) is 15.3. The van der Waals surface area contributed by atoms with Gasteiger partial charge in [-0.3, -0.25) is 4.90 Å². The zero-order chi connectivity index (χ0) is 26.2. The van der Waals surface area contributed by atoms with E-state index >= 15 is 0 Å². The van der Waals surface area contributed by atoms with Crippen LogP contribution in [0.3, 0.4) is 0 Å². The molecule has 7 nitrogen and oxygen atoms in total. The first kappa shape index (κ1) is 25.3. The second-order valence-electron chi connectivity index (χ2n) is 12.5. The van der Waals surface area contributed by atoms with Crippen LogP contribution < -0.4 is 9.64 Å². The van der Waals surface area contributed by atoms with Gasteiger partial charge in [0.1, 0.15) is 12.4 Å². The van der Waals surface area contributed by atoms with E-state index in [2.05, 4.69) is 32.8 Å². The molecular weight excluding hydrogens is 486 g/mol. The summed E-state index contributed by atoms with van der Waals surface area (Å²) in [5, 5.41) is 0. The number of nitrogens with zero attached hydrogens (tertiary/aromatic N) is 5. The monoisotopic (exact) mass is 527 g/mol. The van der Waals surface area contributed by atoms with Gasteiger partial charge in [-0.2, -0.15) is 9.97 Å². The van der Waals surface area contributed by atoms with Crippen LogP contribution in [0, 0.1) is 12.5 Å². The van der Waals surface area contributed by atoms with E-state index in [0.717, 1.165) is 55.8 Å². The van der Waals surface area contributed by atoms with E-state index in [1.54, 1.807) is 0 Å². The number of benzene rings is 1. The minimum absolute atomic E-state index is 0.0242. The summed E-state index contributed by atoms with van der Waals surface area (Å²) in [6.07, 6.45) is 12.8. The van der Waals surface area contributed by atoms with Gasteiger partial charge < -0.3 is 19.2 Å². The quantitative estimate of drug-likeness (QED) is 0.475. The molecule has 1 aromatic carbocycles. The Morgan fingerprint density at radius 2 is 1.90 bits per heavy atom. The van der Waals surface area contributed by atoms with E-state index in [1.165, 1.54) is 74.7 Å². The number of fused-ring (bicyclic) bond motifs is 3. The molecular formula is C32H41N5O2. The Morgan fingerprint density at radius 1 is 1.03 bits per heavy atom. The summed E-state index contributed by atoms with van der Waals surface area (Å²) < 4.78 is 13.1. The van der Waals surface area contributed by atoms with Crippen LogP contribution in [0.15, 0.2) is 18.2 Å². The molecule has 2 atom stereocenters. The third-order valence-electron chi connectivity index (χ3n) is 10.1. The highest BCUT2D eigenvalue weighted by molar-refractivity contribution is 5.52. The molecule has 7 heteroatoms. The van der Waals surface area contributed by atoms with E-state index in [9.17, 15) is 0 Å². The Morgan fingerprint density at radius 3 is 2.77 bits per heavy atom. The highest BCUT2D eigenvalue weighted by Crippen LogP contribution is 2.41. The number of anilines is 1. The van der Waals surface area contributed by atoms with Crippen LogP contribution in [0.4, 0.5) is 5.82 Å². The predicted octanol–water partition coefficient (Wildman–Crippen LogP) is 5.31. The lowest BCUT2D eigenvalue weighted by molar-refractivity contribution is 0.0247. The average Bonchev–Trinajstić information content (AvgIpc) is 3.56. The van der Waals surface area contributed by atoms with E-state index in [1.807, 2.05) is 0 Å². The molecule has 3 saturated heterocycles. The van der Waals surface area contributed by atoms with Crippen molar-refractivity contribution in [3.63, 3.8) is 0 Å². The maximum atomic E-state index is 7.40. The highest BCUT2D eigenvalue weighted by atomic mass is 16.5. The van der Waals surface area contributed by atoms with Gasteiger partial charge in [0, 0.05) is 31.0 Å². The molecule has 39 heavy (non-hydrogen) atoms. The molecule has 0 bridgehead atoms. The fourth-order valence-electron chi connectivity index (χ4n) is 8.06. The molecule has 0 radical (unpaired) electrons. The molecule has 3 fully saturated rings. The zero-order valence-corrected chi connectivity index (χ0v) is 23.2. The number of ether oxygens (including phenoxy) is 2. The standard InChI is InChI=1S/C32H41N5O2/c1-33-19-23-8-5-15-36(20-23)30-27-21-38-29(26-12-4-10-24-9-2-3-11-25(24)26)18-28(27)34-31(35-30)39-22-32-13-6-16-37(32)17-7-14-32/h4,10,12,23,29H,2-3,5-9,11,13-22H2/t23-,29?/m0/s1. The Balaban J connectivity index is 1.20. The third kappa shape index (κ3) is 4.80. The van der Waals surface area contributed by atoms with Crippen molar-refractivity contribution < 1.29 is 9.47 Å². The van der Waals surface area contributed by atoms with Gasteiger partial charge in [0.2, 0.25) is 6.54 Å². The molecule has 0 spiro atoms. The molecule has 0 N–H and O–H groups in total. The fourth-order valence-corrected chi connectivity index (χ4v) is 8.06. The van der Waals surface area contributed by atoms with Gasteiger partial charge in [-0.15, -0.1) is 0 Å². The van der Waals surface area contributed by atoms with Gasteiger partial charge >= 0.3 is 6.01 Å². The third-order valence-corrected chi connectivity index (χ3v) is 10.1. The Kier molecular flexibility index (Phi) is 6.94. The van der Waals surface area contributed by atoms with Gasteiger partial charge in [-0.05, 0) is 94.0 Å². The average molecular weight is 528 g/mol. The number of aryl methyl sites for hydroxylation is 1. The summed E-state index contributed by atoms with van der Waals surface area (Å²) in [6.45, 7) is 13.4. The zero-order valence-electron chi connectivity index (χ0n) is 23.2. The lowest BCUT2D eigenvalue weighted by Gasteiger charge is -2.36. The van der Waals surface area contributed by atoms with Crippen molar-refractivity contribution in [1.82, 2.24) is 14.9 Å². The smallest absolute Gasteiger partial charge is 0.318 e. The lowest BCUT2D eigenvalue weighted by atomic mass is 9.85. The first-order chi connectivity index (χ1) is 19.2. The molecule has 5 heterocycles. The molecule has 206 valence electrons. The molecule has 1 aromatic heterocycles. The number of piperidine rings is 1. The minimum atomic E-state index is 0.0242. The first-order valence-corrected chi connectivity index (χ1v) is 15.3. The maximum absolute atomic E-state index is 7.40. The molecule has 0 saturated carbocycles. The van der Waals surface area contributed by atoms with Crippen molar-refractivity contribution in [3.05, 3.63) is 57.6 Å². The summed E-state index contributed by atoms with van der Waals surface area (Å²) in [6, 6.07) is 7.30. The lowest BCUT2D eigenvalue weighted by Crippen LogP contribution is -2.43. The number of hydrogen-bond acceptors (Lipinski definition) is 6. The van der Waals surface area contributed by atoms with Crippen molar-refractivity contribution in [2.45, 2.75) is 88.9 Å². The van der Waals surface area contributed by atoms with Crippen molar-refractivity contribution >= 4 is 5.82 Å². The van der Waals surface area contributed by atoms with Gasteiger partial charge in [0.05, 0.1) is 23.9 Å². The van der Waals surface area contributed by atoms with Crippen LogP contribution in [0.25, 0.3) is 4.85 Å². The predicted molar refractivity (Wildman–Crippen MR) is 151 cm³/mol. The Bertz CT molecular complexity index is 1250. The second-order valence-corrected chi connectivity index (χ2v) is 12.5. The largest absolute Gasteiger partial charge is 0.461 e. The molecule has 7 rings (SSSR count). The SMILES string of the molecule is [C-]#[N+]C[C@@H]1CCCN(c2nc(OCC34CCCN3CCC4)nc3c2COC(c2cccc4c2CCCC4)C3)C1. The highest BCUT2D eigenvalue weighted by Gasteiger charge is 2.45. The van der Waals surface area contributed by atoms with Crippen LogP contribution in [-0.4, -0.2) is 59.7 Å². The Labute approximate surface area is 232 Å². The van der Waals surface area contributed by atoms with Gasteiger partial charge in [-0.25, -0.2) is 6.57 Å². The molecule has 2 aromatic rings. The van der Waals surface area contributed by atoms with Crippen LogP contribution in [0.1, 0.15) is 85.4 Å². The van der Waals surface area contributed by atoms with E-state index in [4.69, 9.17) is 26.0 Å². The van der Waals surface area contributed by atoms with Gasteiger partial charge in [-0.1, -0.05) is 18.2 Å². The van der Waals surface area contributed by atoms with E-state index in [0.29, 0.717) is 31.7 Å². The topological polar surface area (TPSA) is 55.1 Å². The molecule has 5 aliphatic rings. The van der Waals surface area contributed by atoms with E-state index in [-0.39, 0.29) is 11.6 Å². The number of hydrogen-bond donors (Lipinski definition) is 0. The second kappa shape index (κ2) is 10.7. The Hall–Kier alpha value is -2.69. The minimum Gasteiger partial charge on any atom is -0.461 e. The number of aromatic nitrogens is 2. The van der Waals surface area contributed by atoms with Crippen LogP contribution >= 0.6 is 0 Å². The van der Waals surface area contributed by atoms with Crippen molar-refractivity contribution in [3.8, 4) is 6.01 Å². The summed E-state index contributed by atoms with van der Waals surface area (Å²) in [7, 11) is 0. The normalized spacial score (nSPS) is 26.0. The van der Waals surface area contributed by atoms with Gasteiger partial charge in [0.25, 0.3) is 0 Å². The maximum Gasteiger partial charge on any atom is 0.318 e. The fraction of sp³-hybridized carbons (Fsp3) is 0.656. The van der Waals surface area contributed by atoms with Crippen LogP contribution in [0.2, 0.25) is 0 Å². The van der Waals surface area contributed by atoms with E-state index < -0.39 is 0 Å². The van der Waals surface area contributed by atoms with Crippen molar-refractivity contribution in [1.29, 1.82) is 0 Å². The summed E-state index contributed by atoms with van der Waals surface area (Å²) in [4.78, 5) is 18.9. The van der Waals surface area contributed by atoms with Crippen molar-refractivity contribution in [2.24, 2.45) is 5.92 Å². The molecule has 0 amide bonds. The summed E-state index contributed by atoms with van der Waals surface area (Å²) in [5.41, 5.74) is 6.72. The van der Waals surface area contributed by atoms with Crippen molar-refractivity contribution in [2.75, 3.05) is 44.2 Å². The van der Waals surface area contributed by atoms with Crippen LogP contribution in [0.5, 0.6) is 6.01 Å². The molecule has 1 aliphatic carbocycles. The van der Waals surface area contributed by atoms with Crippen LogP contribution in [-0.2, 0) is 30.6 Å². The number of rotatable bonds is 6. The molecule has 4 aliphatic heterocycles. The van der Waals surface area contributed by atoms with Gasteiger partial charge in [0.15, 0.2) is 0 Å². The summed E-state index contributed by atoms with van der Waals surface area (Å²) in [5.74, 6) is 1.37. The summed E-state index contributed by atoms with van der Waals surface area (Å²) >= 11 is 0. The molecule has 1 unspecified atom stereocenters.